The second-order valence-electron chi connectivity index (χ2n) is 4.53. The molecule has 0 saturated carbocycles. The van der Waals surface area contributed by atoms with E-state index < -0.39 is 6.10 Å². The highest BCUT2D eigenvalue weighted by Gasteiger charge is 2.12. The summed E-state index contributed by atoms with van der Waals surface area (Å²) >= 11 is 3.50. The van der Waals surface area contributed by atoms with Gasteiger partial charge in [-0.1, -0.05) is 28.1 Å². The lowest BCUT2D eigenvalue weighted by Crippen LogP contribution is -2.04. The summed E-state index contributed by atoms with van der Waals surface area (Å²) in [4.78, 5) is 4.26. The normalized spacial score (nSPS) is 12.7. The molecule has 0 radical (unpaired) electrons. The molecular weight excluding hydrogens is 292 g/mol. The van der Waals surface area contributed by atoms with E-state index in [1.807, 2.05) is 42.9 Å². The number of aliphatic hydroxyl groups excluding tert-OH is 1. The van der Waals surface area contributed by atoms with Crippen LogP contribution in [0.2, 0.25) is 0 Å². The molecule has 18 heavy (non-hydrogen) atoms. The van der Waals surface area contributed by atoms with E-state index in [9.17, 15) is 5.11 Å². The topological polar surface area (TPSA) is 38.1 Å². The number of aryl methyl sites for hydroxylation is 3. The molecule has 0 amide bonds. The van der Waals surface area contributed by atoms with Gasteiger partial charge in [0, 0.05) is 30.3 Å². The Kier molecular flexibility index (Phi) is 4.19. The fourth-order valence-corrected chi connectivity index (χ4v) is 2.72. The largest absolute Gasteiger partial charge is 0.388 e. The van der Waals surface area contributed by atoms with Gasteiger partial charge in [0.1, 0.15) is 5.82 Å². The number of imidazole rings is 1. The van der Waals surface area contributed by atoms with Crippen molar-refractivity contribution in [3.8, 4) is 0 Å². The van der Waals surface area contributed by atoms with Crippen molar-refractivity contribution in [1.82, 2.24) is 9.55 Å². The monoisotopic (exact) mass is 308 g/mol. The third-order valence-corrected chi connectivity index (χ3v) is 3.76. The first-order chi connectivity index (χ1) is 8.58. The van der Waals surface area contributed by atoms with Crippen LogP contribution in [0.4, 0.5) is 0 Å². The predicted octanol–water partition coefficient (Wildman–Crippen LogP) is 3.16. The highest BCUT2D eigenvalue weighted by molar-refractivity contribution is 9.10. The molecule has 0 saturated heterocycles. The maximum atomic E-state index is 10.2. The van der Waals surface area contributed by atoms with Crippen LogP contribution in [0.3, 0.4) is 0 Å². The number of hydrogen-bond donors (Lipinski definition) is 1. The fraction of sp³-hybridized carbons (Fsp3) is 0.357. The van der Waals surface area contributed by atoms with Crippen molar-refractivity contribution in [2.24, 2.45) is 7.05 Å². The van der Waals surface area contributed by atoms with E-state index in [1.165, 1.54) is 5.56 Å². The Bertz CT molecular complexity index is 536. The van der Waals surface area contributed by atoms with Crippen molar-refractivity contribution in [3.05, 3.63) is 52.0 Å². The number of aliphatic hydroxyl groups is 1. The molecule has 96 valence electrons. The summed E-state index contributed by atoms with van der Waals surface area (Å²) in [6.07, 6.45) is 4.68. The third kappa shape index (κ3) is 3.00. The number of hydrogen-bond acceptors (Lipinski definition) is 2. The summed E-state index contributed by atoms with van der Waals surface area (Å²) in [5, 5.41) is 10.2. The third-order valence-electron chi connectivity index (χ3n) is 3.08. The molecular formula is C14H17BrN2O. The minimum absolute atomic E-state index is 0.461. The van der Waals surface area contributed by atoms with Gasteiger partial charge in [-0.3, -0.25) is 0 Å². The Balaban J connectivity index is 2.03. The first-order valence-corrected chi connectivity index (χ1v) is 6.77. The minimum Gasteiger partial charge on any atom is -0.388 e. The summed E-state index contributed by atoms with van der Waals surface area (Å²) in [5.41, 5.74) is 2.12. The smallest absolute Gasteiger partial charge is 0.108 e. The summed E-state index contributed by atoms with van der Waals surface area (Å²) in [5.74, 6) is 0.997. The Morgan fingerprint density at radius 3 is 2.83 bits per heavy atom. The van der Waals surface area contributed by atoms with Crippen LogP contribution >= 0.6 is 15.9 Å². The van der Waals surface area contributed by atoms with Crippen LogP contribution in [0.1, 0.15) is 29.5 Å². The van der Waals surface area contributed by atoms with Gasteiger partial charge in [0.15, 0.2) is 0 Å². The van der Waals surface area contributed by atoms with Gasteiger partial charge in [-0.15, -0.1) is 0 Å². The first-order valence-electron chi connectivity index (χ1n) is 5.98. The van der Waals surface area contributed by atoms with Gasteiger partial charge >= 0.3 is 0 Å². The molecule has 1 heterocycles. The van der Waals surface area contributed by atoms with Crippen LogP contribution in [0.25, 0.3) is 0 Å². The predicted molar refractivity (Wildman–Crippen MR) is 75.4 cm³/mol. The second-order valence-corrected chi connectivity index (χ2v) is 5.39. The van der Waals surface area contributed by atoms with Gasteiger partial charge in [0.25, 0.3) is 0 Å². The molecule has 0 aliphatic rings. The lowest BCUT2D eigenvalue weighted by atomic mass is 10.0. The van der Waals surface area contributed by atoms with Crippen molar-refractivity contribution in [1.29, 1.82) is 0 Å². The van der Waals surface area contributed by atoms with Crippen molar-refractivity contribution in [3.63, 3.8) is 0 Å². The zero-order chi connectivity index (χ0) is 13.1. The zero-order valence-electron chi connectivity index (χ0n) is 10.6. The van der Waals surface area contributed by atoms with Gasteiger partial charge in [-0.2, -0.15) is 0 Å². The van der Waals surface area contributed by atoms with Gasteiger partial charge in [0.05, 0.1) is 6.10 Å². The average Bonchev–Trinajstić information content (AvgIpc) is 2.72. The maximum absolute atomic E-state index is 10.2. The molecule has 1 unspecified atom stereocenters. The van der Waals surface area contributed by atoms with Crippen LogP contribution in [0, 0.1) is 6.92 Å². The molecule has 0 bridgehead atoms. The Morgan fingerprint density at radius 2 is 2.22 bits per heavy atom. The molecule has 1 aromatic carbocycles. The van der Waals surface area contributed by atoms with E-state index in [0.29, 0.717) is 6.42 Å². The van der Waals surface area contributed by atoms with Crippen molar-refractivity contribution < 1.29 is 5.11 Å². The van der Waals surface area contributed by atoms with E-state index in [-0.39, 0.29) is 0 Å². The summed E-state index contributed by atoms with van der Waals surface area (Å²) in [6.45, 7) is 2.04. The molecule has 2 aromatic rings. The molecule has 1 N–H and O–H groups in total. The second kappa shape index (κ2) is 5.67. The van der Waals surface area contributed by atoms with Crippen LogP contribution in [0.15, 0.2) is 35.1 Å². The maximum Gasteiger partial charge on any atom is 0.108 e. The lowest BCUT2D eigenvalue weighted by molar-refractivity contribution is 0.166. The number of aromatic nitrogens is 2. The highest BCUT2D eigenvalue weighted by Crippen LogP contribution is 2.27. The number of nitrogens with zero attached hydrogens (tertiary/aromatic N) is 2. The molecule has 4 heteroatoms. The van der Waals surface area contributed by atoms with Gasteiger partial charge < -0.3 is 9.67 Å². The summed E-state index contributed by atoms with van der Waals surface area (Å²) in [7, 11) is 1.97. The summed E-state index contributed by atoms with van der Waals surface area (Å²) < 4.78 is 2.95. The van der Waals surface area contributed by atoms with Gasteiger partial charge in [-0.05, 0) is 30.5 Å². The lowest BCUT2D eigenvalue weighted by Gasteiger charge is -2.13. The molecule has 2 rings (SSSR count). The quantitative estimate of drug-likeness (QED) is 0.942. The summed E-state index contributed by atoms with van der Waals surface area (Å²) in [6, 6.07) is 6.02. The first kappa shape index (κ1) is 13.3. The molecule has 0 aliphatic heterocycles. The van der Waals surface area contributed by atoms with Crippen LogP contribution in [-0.4, -0.2) is 14.7 Å². The van der Waals surface area contributed by atoms with Crippen LogP contribution in [0.5, 0.6) is 0 Å². The van der Waals surface area contributed by atoms with Crippen molar-refractivity contribution in [2.75, 3.05) is 0 Å². The molecule has 1 aromatic heterocycles. The van der Waals surface area contributed by atoms with E-state index >= 15 is 0 Å². The molecule has 0 fully saturated rings. The molecule has 3 nitrogen and oxygen atoms in total. The Morgan fingerprint density at radius 1 is 1.44 bits per heavy atom. The van der Waals surface area contributed by atoms with E-state index in [0.717, 1.165) is 22.3 Å². The fourth-order valence-electron chi connectivity index (χ4n) is 1.96. The van der Waals surface area contributed by atoms with Gasteiger partial charge in [-0.25, -0.2) is 4.98 Å². The Labute approximate surface area is 116 Å². The molecule has 1 atom stereocenters. The van der Waals surface area contributed by atoms with Crippen molar-refractivity contribution in [2.45, 2.75) is 25.9 Å². The number of halogens is 1. The number of rotatable bonds is 4. The van der Waals surface area contributed by atoms with E-state index in [4.69, 9.17) is 0 Å². The van der Waals surface area contributed by atoms with E-state index in [2.05, 4.69) is 20.9 Å². The van der Waals surface area contributed by atoms with Crippen molar-refractivity contribution >= 4 is 15.9 Å². The molecule has 0 spiro atoms. The standard InChI is InChI=1S/C14H17BrN2O/c1-10-3-4-11(12(15)9-10)13(18)5-6-14-16-7-8-17(14)2/h3-4,7-9,13,18H,5-6H2,1-2H3. The van der Waals surface area contributed by atoms with Crippen LogP contribution in [-0.2, 0) is 13.5 Å². The molecule has 0 aliphatic carbocycles. The highest BCUT2D eigenvalue weighted by atomic mass is 79.9. The SMILES string of the molecule is Cc1ccc(C(O)CCc2nccn2C)c(Br)c1. The minimum atomic E-state index is -0.461. The van der Waals surface area contributed by atoms with E-state index in [1.54, 1.807) is 6.20 Å². The zero-order valence-corrected chi connectivity index (χ0v) is 12.2. The Hall–Kier alpha value is -1.13. The van der Waals surface area contributed by atoms with Gasteiger partial charge in [0.2, 0.25) is 0 Å². The van der Waals surface area contributed by atoms with Crippen LogP contribution < -0.4 is 0 Å². The average molecular weight is 309 g/mol. The number of benzene rings is 1.